The maximum atomic E-state index is 12.9. The van der Waals surface area contributed by atoms with Crippen LogP contribution in [0.2, 0.25) is 5.02 Å². The van der Waals surface area contributed by atoms with Gasteiger partial charge in [0.25, 0.3) is 0 Å². The molecule has 0 fully saturated rings. The molecule has 0 aliphatic carbocycles. The van der Waals surface area contributed by atoms with Crippen molar-refractivity contribution in [2.45, 2.75) is 23.8 Å². The Morgan fingerprint density at radius 1 is 1.19 bits per heavy atom. The van der Waals surface area contributed by atoms with Crippen molar-refractivity contribution in [3.8, 4) is 0 Å². The van der Waals surface area contributed by atoms with Gasteiger partial charge in [-0.3, -0.25) is 9.59 Å². The van der Waals surface area contributed by atoms with E-state index in [2.05, 4.69) is 5.32 Å². The zero-order valence-corrected chi connectivity index (χ0v) is 15.8. The number of hydrogen-bond donors (Lipinski definition) is 1. The van der Waals surface area contributed by atoms with Crippen molar-refractivity contribution in [3.05, 3.63) is 64.9 Å². The number of carbonyl (C=O) groups is 2. The molecule has 7 heteroatoms. The molecule has 0 aromatic heterocycles. The Balaban J connectivity index is 1.94. The van der Waals surface area contributed by atoms with Crippen molar-refractivity contribution in [2.24, 2.45) is 0 Å². The number of methoxy groups -OCH3 is 1. The van der Waals surface area contributed by atoms with Crippen LogP contribution in [0.5, 0.6) is 0 Å². The highest BCUT2D eigenvalue weighted by molar-refractivity contribution is 7.99. The predicted octanol–water partition coefficient (Wildman–Crippen LogP) is 4.38. The molecule has 1 amide bonds. The third-order valence-electron chi connectivity index (χ3n) is 3.63. The lowest BCUT2D eigenvalue weighted by molar-refractivity contribution is -0.141. The number of halogens is 2. The molecule has 0 heterocycles. The molecular formula is C19H19ClFNO3S. The normalized spacial score (nSPS) is 11.7. The molecule has 2 aromatic rings. The molecule has 1 atom stereocenters. The quantitative estimate of drug-likeness (QED) is 0.532. The molecular weight excluding hydrogens is 377 g/mol. The van der Waals surface area contributed by atoms with E-state index in [1.807, 2.05) is 0 Å². The number of esters is 1. The van der Waals surface area contributed by atoms with Crippen molar-refractivity contribution < 1.29 is 18.7 Å². The van der Waals surface area contributed by atoms with Gasteiger partial charge in [-0.05, 0) is 35.9 Å². The molecule has 138 valence electrons. The van der Waals surface area contributed by atoms with Gasteiger partial charge in [-0.25, -0.2) is 4.39 Å². The van der Waals surface area contributed by atoms with Gasteiger partial charge in [-0.1, -0.05) is 29.8 Å². The minimum absolute atomic E-state index is 0.00290. The summed E-state index contributed by atoms with van der Waals surface area (Å²) < 4.78 is 17.6. The fourth-order valence-corrected chi connectivity index (χ4v) is 3.42. The third kappa shape index (κ3) is 6.35. The summed E-state index contributed by atoms with van der Waals surface area (Å²) in [6, 6.07) is 12.6. The molecule has 26 heavy (non-hydrogen) atoms. The Morgan fingerprint density at radius 3 is 2.54 bits per heavy atom. The second kappa shape index (κ2) is 10.2. The van der Waals surface area contributed by atoms with Gasteiger partial charge < -0.3 is 10.1 Å². The number of hydrogen-bond acceptors (Lipinski definition) is 4. The van der Waals surface area contributed by atoms with Crippen LogP contribution >= 0.6 is 23.4 Å². The third-order valence-corrected chi connectivity index (χ3v) is 4.98. The molecule has 0 saturated carbocycles. The second-order valence-electron chi connectivity index (χ2n) is 5.47. The number of ether oxygens (including phenoxy) is 1. The fourth-order valence-electron chi connectivity index (χ4n) is 2.31. The number of amides is 1. The van der Waals surface area contributed by atoms with Crippen molar-refractivity contribution in [1.82, 2.24) is 5.32 Å². The summed E-state index contributed by atoms with van der Waals surface area (Å²) in [5, 5.41) is 3.31. The fraction of sp³-hybridized carbons (Fsp3) is 0.263. The van der Waals surface area contributed by atoms with Crippen LogP contribution in [0.4, 0.5) is 4.39 Å². The smallest absolute Gasteiger partial charge is 0.307 e. The van der Waals surface area contributed by atoms with Crippen molar-refractivity contribution in [3.63, 3.8) is 0 Å². The predicted molar refractivity (Wildman–Crippen MR) is 101 cm³/mol. The Labute approximate surface area is 161 Å². The molecule has 0 aliphatic heterocycles. The standard InChI is InChI=1S/C19H19ClFNO3S/c1-25-19(24)12-17(15-4-2-3-5-16(15)20)22-18(23)10-11-26-14-8-6-13(21)7-9-14/h2-9,17H,10-12H2,1H3,(H,22,23). The van der Waals surface area contributed by atoms with Gasteiger partial charge in [0.2, 0.25) is 5.91 Å². The van der Waals surface area contributed by atoms with E-state index in [0.29, 0.717) is 16.3 Å². The van der Waals surface area contributed by atoms with E-state index in [0.717, 1.165) is 4.90 Å². The van der Waals surface area contributed by atoms with Crippen molar-refractivity contribution in [2.75, 3.05) is 12.9 Å². The van der Waals surface area contributed by atoms with Gasteiger partial charge in [0.05, 0.1) is 19.6 Å². The van der Waals surface area contributed by atoms with Gasteiger partial charge in [-0.15, -0.1) is 11.8 Å². The molecule has 2 rings (SSSR count). The summed E-state index contributed by atoms with van der Waals surface area (Å²) in [4.78, 5) is 24.8. The lowest BCUT2D eigenvalue weighted by Crippen LogP contribution is -2.30. The largest absolute Gasteiger partial charge is 0.469 e. The maximum Gasteiger partial charge on any atom is 0.307 e. The van der Waals surface area contributed by atoms with Crippen molar-refractivity contribution >= 4 is 35.2 Å². The molecule has 1 unspecified atom stereocenters. The first-order valence-electron chi connectivity index (χ1n) is 7.98. The molecule has 0 bridgehead atoms. The van der Waals surface area contributed by atoms with Gasteiger partial charge in [0.15, 0.2) is 0 Å². The Morgan fingerprint density at radius 2 is 1.88 bits per heavy atom. The number of benzene rings is 2. The summed E-state index contributed by atoms with van der Waals surface area (Å²) >= 11 is 7.64. The summed E-state index contributed by atoms with van der Waals surface area (Å²) in [6.07, 6.45) is 0.251. The monoisotopic (exact) mass is 395 g/mol. The molecule has 0 radical (unpaired) electrons. The van der Waals surface area contributed by atoms with E-state index in [4.69, 9.17) is 16.3 Å². The summed E-state index contributed by atoms with van der Waals surface area (Å²) in [7, 11) is 1.30. The van der Waals surface area contributed by atoms with E-state index in [-0.39, 0.29) is 24.6 Å². The van der Waals surface area contributed by atoms with E-state index in [1.54, 1.807) is 36.4 Å². The molecule has 2 aromatic carbocycles. The minimum Gasteiger partial charge on any atom is -0.469 e. The van der Waals surface area contributed by atoms with Gasteiger partial charge >= 0.3 is 5.97 Å². The van der Waals surface area contributed by atoms with E-state index >= 15 is 0 Å². The van der Waals surface area contributed by atoms with E-state index < -0.39 is 12.0 Å². The summed E-state index contributed by atoms with van der Waals surface area (Å²) in [6.45, 7) is 0. The highest BCUT2D eigenvalue weighted by Gasteiger charge is 2.20. The van der Waals surface area contributed by atoms with Gasteiger partial charge in [0, 0.05) is 22.1 Å². The first kappa shape index (κ1) is 20.3. The van der Waals surface area contributed by atoms with Gasteiger partial charge in [0.1, 0.15) is 5.82 Å². The highest BCUT2D eigenvalue weighted by atomic mass is 35.5. The zero-order valence-electron chi connectivity index (χ0n) is 14.2. The van der Waals surface area contributed by atoms with Crippen LogP contribution in [0.25, 0.3) is 0 Å². The molecule has 0 saturated heterocycles. The van der Waals surface area contributed by atoms with Crippen molar-refractivity contribution in [1.29, 1.82) is 0 Å². The first-order valence-corrected chi connectivity index (χ1v) is 9.35. The van der Waals surface area contributed by atoms with E-state index in [9.17, 15) is 14.0 Å². The van der Waals surface area contributed by atoms with Crippen LogP contribution in [0.15, 0.2) is 53.4 Å². The number of carbonyl (C=O) groups excluding carboxylic acids is 2. The van der Waals surface area contributed by atoms with Crippen LogP contribution in [0, 0.1) is 5.82 Å². The average Bonchev–Trinajstić information content (AvgIpc) is 2.63. The second-order valence-corrected chi connectivity index (χ2v) is 7.05. The molecule has 0 spiro atoms. The zero-order chi connectivity index (χ0) is 18.9. The summed E-state index contributed by atoms with van der Waals surface area (Å²) in [5.41, 5.74) is 0.666. The molecule has 0 aliphatic rings. The lowest BCUT2D eigenvalue weighted by Gasteiger charge is -2.19. The van der Waals surface area contributed by atoms with Crippen LogP contribution in [-0.2, 0) is 14.3 Å². The number of rotatable bonds is 8. The first-order chi connectivity index (χ1) is 12.5. The topological polar surface area (TPSA) is 55.4 Å². The minimum atomic E-state index is -0.556. The van der Waals surface area contributed by atoms with Gasteiger partial charge in [-0.2, -0.15) is 0 Å². The lowest BCUT2D eigenvalue weighted by atomic mass is 10.0. The van der Waals surface area contributed by atoms with Crippen LogP contribution < -0.4 is 5.32 Å². The SMILES string of the molecule is COC(=O)CC(NC(=O)CCSc1ccc(F)cc1)c1ccccc1Cl. The molecule has 4 nitrogen and oxygen atoms in total. The van der Waals surface area contributed by atoms with Crippen LogP contribution in [0.3, 0.4) is 0 Å². The maximum absolute atomic E-state index is 12.9. The highest BCUT2D eigenvalue weighted by Crippen LogP contribution is 2.26. The molecule has 1 N–H and O–H groups in total. The number of nitrogens with one attached hydrogen (secondary N) is 1. The van der Waals surface area contributed by atoms with Crippen LogP contribution in [-0.4, -0.2) is 24.7 Å². The van der Waals surface area contributed by atoms with Crippen LogP contribution in [0.1, 0.15) is 24.4 Å². The number of thioether (sulfide) groups is 1. The summed E-state index contributed by atoms with van der Waals surface area (Å²) in [5.74, 6) is -0.396. The average molecular weight is 396 g/mol. The Kier molecular flexibility index (Phi) is 7.94. The Bertz CT molecular complexity index is 755. The Hall–Kier alpha value is -2.05. The van der Waals surface area contributed by atoms with E-state index in [1.165, 1.54) is 31.0 Å².